The lowest BCUT2D eigenvalue weighted by atomic mass is 10.4. The summed E-state index contributed by atoms with van der Waals surface area (Å²) in [5.41, 5.74) is 0. The zero-order valence-corrected chi connectivity index (χ0v) is 8.79. The first kappa shape index (κ1) is 11.5. The number of furan rings is 1. The van der Waals surface area contributed by atoms with Gasteiger partial charge in [0.2, 0.25) is 5.76 Å². The highest BCUT2D eigenvalue weighted by Crippen LogP contribution is 2.08. The summed E-state index contributed by atoms with van der Waals surface area (Å²) in [5.74, 6) is 0.504. The van der Waals surface area contributed by atoms with E-state index in [4.69, 9.17) is 4.42 Å². The number of carbonyl (C=O) groups excluding carboxylic acids is 1. The Labute approximate surface area is 88.9 Å². The van der Waals surface area contributed by atoms with Crippen molar-refractivity contribution in [2.45, 2.75) is 13.0 Å². The average Bonchev–Trinajstić information content (AvgIpc) is 2.72. The quantitative estimate of drug-likeness (QED) is 0.440. The molecular formula is C11H15NO3. The molecule has 0 bridgehead atoms. The fourth-order valence-electron chi connectivity index (χ4n) is 1.10. The Morgan fingerprint density at radius 3 is 3.13 bits per heavy atom. The van der Waals surface area contributed by atoms with E-state index in [2.05, 4.69) is 16.6 Å². The predicted molar refractivity (Wildman–Crippen MR) is 56.6 cm³/mol. The van der Waals surface area contributed by atoms with Crippen LogP contribution in [0.3, 0.4) is 0 Å². The molecule has 15 heavy (non-hydrogen) atoms. The van der Waals surface area contributed by atoms with Gasteiger partial charge in [-0.25, -0.2) is 4.79 Å². The molecule has 0 amide bonds. The van der Waals surface area contributed by atoms with Crippen LogP contribution in [0.4, 0.5) is 0 Å². The normalized spacial score (nSPS) is 9.93. The van der Waals surface area contributed by atoms with Crippen molar-refractivity contribution in [2.75, 3.05) is 13.7 Å². The lowest BCUT2D eigenvalue weighted by Crippen LogP contribution is -2.13. The number of rotatable bonds is 6. The van der Waals surface area contributed by atoms with E-state index in [9.17, 15) is 4.79 Å². The van der Waals surface area contributed by atoms with Crippen LogP contribution in [0.15, 0.2) is 29.2 Å². The largest absolute Gasteiger partial charge is 0.463 e. The average molecular weight is 209 g/mol. The van der Waals surface area contributed by atoms with Gasteiger partial charge in [0.1, 0.15) is 5.76 Å². The van der Waals surface area contributed by atoms with Gasteiger partial charge in [0.15, 0.2) is 0 Å². The van der Waals surface area contributed by atoms with Crippen LogP contribution in [-0.2, 0) is 11.3 Å². The first-order valence-electron chi connectivity index (χ1n) is 4.76. The molecule has 1 N–H and O–H groups in total. The van der Waals surface area contributed by atoms with E-state index in [1.165, 1.54) is 7.11 Å². The number of nitrogens with one attached hydrogen (secondary N) is 1. The van der Waals surface area contributed by atoms with Gasteiger partial charge in [0.25, 0.3) is 0 Å². The zero-order valence-electron chi connectivity index (χ0n) is 8.79. The highest BCUT2D eigenvalue weighted by Gasteiger charge is 2.10. The molecule has 1 rings (SSSR count). The Balaban J connectivity index is 2.39. The van der Waals surface area contributed by atoms with E-state index in [0.29, 0.717) is 6.54 Å². The van der Waals surface area contributed by atoms with Gasteiger partial charge in [-0.05, 0) is 25.1 Å². The van der Waals surface area contributed by atoms with Crippen molar-refractivity contribution in [2.24, 2.45) is 0 Å². The van der Waals surface area contributed by atoms with Crippen LogP contribution in [0, 0.1) is 0 Å². The van der Waals surface area contributed by atoms with Gasteiger partial charge in [-0.2, -0.15) is 0 Å². The third-order valence-corrected chi connectivity index (χ3v) is 1.87. The molecular weight excluding hydrogens is 194 g/mol. The van der Waals surface area contributed by atoms with Crippen molar-refractivity contribution >= 4 is 5.97 Å². The summed E-state index contributed by atoms with van der Waals surface area (Å²) in [5, 5.41) is 3.16. The number of methoxy groups -OCH3 is 1. The van der Waals surface area contributed by atoms with E-state index in [-0.39, 0.29) is 5.76 Å². The highest BCUT2D eigenvalue weighted by molar-refractivity contribution is 5.86. The maximum Gasteiger partial charge on any atom is 0.373 e. The molecule has 0 spiro atoms. The Morgan fingerprint density at radius 1 is 1.67 bits per heavy atom. The van der Waals surface area contributed by atoms with Gasteiger partial charge in [-0.3, -0.25) is 0 Å². The van der Waals surface area contributed by atoms with Crippen LogP contribution in [0.1, 0.15) is 22.7 Å². The van der Waals surface area contributed by atoms with Gasteiger partial charge in [-0.15, -0.1) is 6.58 Å². The van der Waals surface area contributed by atoms with E-state index < -0.39 is 5.97 Å². The molecule has 1 heterocycles. The second-order valence-electron chi connectivity index (χ2n) is 3.01. The minimum absolute atomic E-state index is 0.234. The molecule has 4 heteroatoms. The number of carbonyl (C=O) groups is 1. The summed E-state index contributed by atoms with van der Waals surface area (Å²) in [4.78, 5) is 11.1. The molecule has 0 aliphatic carbocycles. The fourth-order valence-corrected chi connectivity index (χ4v) is 1.10. The molecule has 0 unspecified atom stereocenters. The second-order valence-corrected chi connectivity index (χ2v) is 3.01. The molecule has 0 radical (unpaired) electrons. The molecule has 82 valence electrons. The summed E-state index contributed by atoms with van der Waals surface area (Å²) >= 11 is 0. The maximum absolute atomic E-state index is 11.1. The van der Waals surface area contributed by atoms with Crippen molar-refractivity contribution in [3.8, 4) is 0 Å². The summed E-state index contributed by atoms with van der Waals surface area (Å²) in [6, 6.07) is 3.36. The molecule has 0 saturated carbocycles. The first-order valence-corrected chi connectivity index (χ1v) is 4.76. The van der Waals surface area contributed by atoms with Crippen LogP contribution in [0.25, 0.3) is 0 Å². The Hall–Kier alpha value is -1.55. The van der Waals surface area contributed by atoms with E-state index >= 15 is 0 Å². The topological polar surface area (TPSA) is 51.5 Å². The molecule has 0 aliphatic rings. The fraction of sp³-hybridized carbons (Fsp3) is 0.364. The van der Waals surface area contributed by atoms with Crippen LogP contribution < -0.4 is 5.32 Å². The third-order valence-electron chi connectivity index (χ3n) is 1.87. The van der Waals surface area contributed by atoms with Gasteiger partial charge >= 0.3 is 5.97 Å². The Bertz CT molecular complexity index is 330. The van der Waals surface area contributed by atoms with Crippen LogP contribution >= 0.6 is 0 Å². The summed E-state index contributed by atoms with van der Waals surface area (Å²) in [6.07, 6.45) is 2.75. The summed E-state index contributed by atoms with van der Waals surface area (Å²) < 4.78 is 9.78. The summed E-state index contributed by atoms with van der Waals surface area (Å²) in [6.45, 7) is 5.07. The molecule has 0 aromatic carbocycles. The smallest absolute Gasteiger partial charge is 0.373 e. The standard InChI is InChI=1S/C11H15NO3/c1-3-4-7-12-8-9-5-6-10(15-9)11(13)14-2/h3,5-6,12H,1,4,7-8H2,2H3. The van der Waals surface area contributed by atoms with Crippen molar-refractivity contribution in [3.63, 3.8) is 0 Å². The summed E-state index contributed by atoms with van der Waals surface area (Å²) in [7, 11) is 1.33. The van der Waals surface area contributed by atoms with Gasteiger partial charge in [0.05, 0.1) is 13.7 Å². The highest BCUT2D eigenvalue weighted by atomic mass is 16.5. The Kier molecular flexibility index (Phi) is 4.63. The first-order chi connectivity index (χ1) is 7.27. The van der Waals surface area contributed by atoms with Crippen LogP contribution in [-0.4, -0.2) is 19.6 Å². The molecule has 1 aromatic rings. The van der Waals surface area contributed by atoms with Crippen molar-refractivity contribution < 1.29 is 13.9 Å². The SMILES string of the molecule is C=CCCNCc1ccc(C(=O)OC)o1. The second kappa shape index (κ2) is 6.03. The van der Waals surface area contributed by atoms with E-state index in [1.807, 2.05) is 6.08 Å². The van der Waals surface area contributed by atoms with Crippen LogP contribution in [0.5, 0.6) is 0 Å². The van der Waals surface area contributed by atoms with E-state index in [0.717, 1.165) is 18.7 Å². The number of hydrogen-bond acceptors (Lipinski definition) is 4. The number of hydrogen-bond donors (Lipinski definition) is 1. The molecule has 0 aliphatic heterocycles. The number of ether oxygens (including phenoxy) is 1. The lowest BCUT2D eigenvalue weighted by Gasteiger charge is -1.99. The van der Waals surface area contributed by atoms with Gasteiger partial charge in [0, 0.05) is 0 Å². The minimum atomic E-state index is -0.452. The van der Waals surface area contributed by atoms with Crippen molar-refractivity contribution in [1.82, 2.24) is 5.32 Å². The molecule has 4 nitrogen and oxygen atoms in total. The predicted octanol–water partition coefficient (Wildman–Crippen LogP) is 1.73. The number of esters is 1. The van der Waals surface area contributed by atoms with Gasteiger partial charge in [-0.1, -0.05) is 6.08 Å². The lowest BCUT2D eigenvalue weighted by molar-refractivity contribution is 0.0563. The van der Waals surface area contributed by atoms with Crippen LogP contribution in [0.2, 0.25) is 0 Å². The molecule has 0 fully saturated rings. The van der Waals surface area contributed by atoms with Crippen molar-refractivity contribution in [3.05, 3.63) is 36.3 Å². The zero-order chi connectivity index (χ0) is 11.1. The third kappa shape index (κ3) is 3.59. The molecule has 0 saturated heterocycles. The van der Waals surface area contributed by atoms with Crippen molar-refractivity contribution in [1.29, 1.82) is 0 Å². The molecule has 1 aromatic heterocycles. The Morgan fingerprint density at radius 2 is 2.47 bits per heavy atom. The molecule has 0 atom stereocenters. The minimum Gasteiger partial charge on any atom is -0.463 e. The van der Waals surface area contributed by atoms with E-state index in [1.54, 1.807) is 12.1 Å². The monoisotopic (exact) mass is 209 g/mol. The van der Waals surface area contributed by atoms with Gasteiger partial charge < -0.3 is 14.5 Å². The maximum atomic E-state index is 11.1.